The smallest absolute Gasteiger partial charge is 0.305 e. The summed E-state index contributed by atoms with van der Waals surface area (Å²) in [7, 11) is 0. The second-order valence-electron chi connectivity index (χ2n) is 9.67. The molecule has 1 saturated heterocycles. The fourth-order valence-electron chi connectivity index (χ4n) is 4.49. The summed E-state index contributed by atoms with van der Waals surface area (Å²) >= 11 is 1.25. The molecule has 3 unspecified atom stereocenters. The zero-order chi connectivity index (χ0) is 28.1. The number of hydrogen-bond acceptors (Lipinski definition) is 9. The molecule has 208 valence electrons. The number of para-hydroxylation sites is 2. The van der Waals surface area contributed by atoms with E-state index in [1.807, 2.05) is 12.1 Å². The molecular weight excluding hydrogens is 528 g/mol. The molecule has 4 atom stereocenters. The standard InChI is InChI=1S/C26H30N4O8S/c1-14(2)22(26(36)30-9-5-6-17(30)24(35)27-15(11-31)10-21(32)33)29-23(34)16-13-39-25(28-16)20-12-37-18-7-3-4-8-19(18)38-20/h3-4,7-8,11,13-15,17,20,22H,5-6,9-10,12H2,1-2H3,(H,27,35)(H,29,34)(H,32,33)/t15?,17-,20?,22?/m0/s1. The molecule has 1 aromatic carbocycles. The van der Waals surface area contributed by atoms with E-state index < -0.39 is 54.3 Å². The lowest BCUT2D eigenvalue weighted by molar-refractivity contribution is -0.142. The monoisotopic (exact) mass is 558 g/mol. The highest BCUT2D eigenvalue weighted by Crippen LogP contribution is 2.36. The summed E-state index contributed by atoms with van der Waals surface area (Å²) in [4.78, 5) is 67.3. The number of fused-ring (bicyclic) bond motifs is 1. The molecule has 3 amide bonds. The van der Waals surface area contributed by atoms with Crippen molar-refractivity contribution in [3.05, 3.63) is 40.3 Å². The molecule has 39 heavy (non-hydrogen) atoms. The van der Waals surface area contributed by atoms with Crippen LogP contribution in [0.3, 0.4) is 0 Å². The molecule has 0 aliphatic carbocycles. The van der Waals surface area contributed by atoms with Crippen LogP contribution in [-0.4, -0.2) is 76.2 Å². The van der Waals surface area contributed by atoms with Gasteiger partial charge in [0.05, 0.1) is 12.5 Å². The maximum atomic E-state index is 13.5. The van der Waals surface area contributed by atoms with E-state index in [0.717, 1.165) is 0 Å². The molecular formula is C26H30N4O8S. The summed E-state index contributed by atoms with van der Waals surface area (Å²) in [5, 5.41) is 16.2. The van der Waals surface area contributed by atoms with Crippen molar-refractivity contribution in [2.75, 3.05) is 13.2 Å². The van der Waals surface area contributed by atoms with E-state index >= 15 is 0 Å². The molecule has 13 heteroatoms. The van der Waals surface area contributed by atoms with Gasteiger partial charge in [-0.15, -0.1) is 11.3 Å². The van der Waals surface area contributed by atoms with E-state index in [-0.39, 0.29) is 18.2 Å². The van der Waals surface area contributed by atoms with Crippen LogP contribution < -0.4 is 20.1 Å². The van der Waals surface area contributed by atoms with Crippen LogP contribution in [0.5, 0.6) is 11.5 Å². The first-order valence-corrected chi connectivity index (χ1v) is 13.5. The number of rotatable bonds is 10. The number of likely N-dealkylation sites (tertiary alicyclic amines) is 1. The number of thiazole rings is 1. The summed E-state index contributed by atoms with van der Waals surface area (Å²) in [5.74, 6) is -1.88. The number of hydrogen-bond donors (Lipinski definition) is 3. The summed E-state index contributed by atoms with van der Waals surface area (Å²) in [6.45, 7) is 4.09. The molecule has 12 nitrogen and oxygen atoms in total. The van der Waals surface area contributed by atoms with Gasteiger partial charge in [0, 0.05) is 11.9 Å². The largest absolute Gasteiger partial charge is 0.485 e. The van der Waals surface area contributed by atoms with Gasteiger partial charge in [0.25, 0.3) is 5.91 Å². The molecule has 0 radical (unpaired) electrons. The van der Waals surface area contributed by atoms with E-state index in [4.69, 9.17) is 14.6 Å². The average Bonchev–Trinajstić information content (AvgIpc) is 3.61. The van der Waals surface area contributed by atoms with Crippen LogP contribution in [0.25, 0.3) is 0 Å². The minimum absolute atomic E-state index is 0.133. The highest BCUT2D eigenvalue weighted by Gasteiger charge is 2.39. The zero-order valence-electron chi connectivity index (χ0n) is 21.5. The van der Waals surface area contributed by atoms with Gasteiger partial charge < -0.3 is 34.9 Å². The molecule has 1 fully saturated rings. The Bertz CT molecular complexity index is 1250. The molecule has 0 bridgehead atoms. The average molecular weight is 559 g/mol. The molecule has 3 N–H and O–H groups in total. The van der Waals surface area contributed by atoms with Crippen molar-refractivity contribution in [2.24, 2.45) is 5.92 Å². The minimum atomic E-state index is -1.23. The minimum Gasteiger partial charge on any atom is -0.485 e. The maximum Gasteiger partial charge on any atom is 0.305 e. The Morgan fingerprint density at radius 1 is 1.21 bits per heavy atom. The van der Waals surface area contributed by atoms with Crippen LogP contribution in [0.15, 0.2) is 29.6 Å². The number of aromatic nitrogens is 1. The number of carboxylic acid groups (broad SMARTS) is 1. The van der Waals surface area contributed by atoms with Crippen molar-refractivity contribution in [1.29, 1.82) is 0 Å². The quantitative estimate of drug-likeness (QED) is 0.367. The van der Waals surface area contributed by atoms with E-state index in [9.17, 15) is 24.0 Å². The van der Waals surface area contributed by atoms with Crippen molar-refractivity contribution in [2.45, 2.75) is 57.3 Å². The first-order valence-electron chi connectivity index (χ1n) is 12.6. The highest BCUT2D eigenvalue weighted by atomic mass is 32.1. The Morgan fingerprint density at radius 2 is 1.95 bits per heavy atom. The lowest BCUT2D eigenvalue weighted by Crippen LogP contribution is -2.56. The third-order valence-electron chi connectivity index (χ3n) is 6.48. The number of nitrogens with one attached hydrogen (secondary N) is 2. The van der Waals surface area contributed by atoms with Crippen LogP contribution in [0.4, 0.5) is 0 Å². The fourth-order valence-corrected chi connectivity index (χ4v) is 5.30. The Balaban J connectivity index is 1.41. The number of amides is 3. The summed E-state index contributed by atoms with van der Waals surface area (Å²) in [6, 6.07) is 4.28. The second-order valence-corrected chi connectivity index (χ2v) is 10.6. The van der Waals surface area contributed by atoms with Gasteiger partial charge in [0.15, 0.2) is 17.6 Å². The van der Waals surface area contributed by atoms with Gasteiger partial charge in [0.1, 0.15) is 35.7 Å². The normalized spacial score (nSPS) is 19.7. The molecule has 2 aliphatic rings. The van der Waals surface area contributed by atoms with Crippen molar-refractivity contribution < 1.29 is 38.6 Å². The van der Waals surface area contributed by atoms with Gasteiger partial charge in [-0.25, -0.2) is 4.98 Å². The van der Waals surface area contributed by atoms with Gasteiger partial charge >= 0.3 is 5.97 Å². The van der Waals surface area contributed by atoms with Gasteiger partial charge in [-0.2, -0.15) is 0 Å². The van der Waals surface area contributed by atoms with Gasteiger partial charge in [-0.1, -0.05) is 26.0 Å². The van der Waals surface area contributed by atoms with E-state index in [2.05, 4.69) is 15.6 Å². The third kappa shape index (κ3) is 6.53. The van der Waals surface area contributed by atoms with Crippen LogP contribution in [-0.2, 0) is 19.2 Å². The molecule has 2 aliphatic heterocycles. The van der Waals surface area contributed by atoms with E-state index in [0.29, 0.717) is 42.2 Å². The third-order valence-corrected chi connectivity index (χ3v) is 7.42. The SMILES string of the molecule is CC(C)C(NC(=O)c1csc(C2COc3ccccc3O2)n1)C(=O)N1CCC[C@H]1C(=O)NC(C=O)CC(=O)O. The lowest BCUT2D eigenvalue weighted by atomic mass is 10.0. The Labute approximate surface area is 228 Å². The molecule has 4 rings (SSSR count). The number of nitrogens with zero attached hydrogens (tertiary/aromatic N) is 2. The number of carbonyl (C=O) groups excluding carboxylic acids is 4. The van der Waals surface area contributed by atoms with Crippen molar-refractivity contribution in [3.63, 3.8) is 0 Å². The summed E-state index contributed by atoms with van der Waals surface area (Å²) in [5.41, 5.74) is 0.133. The van der Waals surface area contributed by atoms with Crippen molar-refractivity contribution >= 4 is 41.3 Å². The zero-order valence-corrected chi connectivity index (χ0v) is 22.3. The Hall–Kier alpha value is -4.00. The van der Waals surface area contributed by atoms with E-state index in [1.54, 1.807) is 31.4 Å². The van der Waals surface area contributed by atoms with Crippen LogP contribution >= 0.6 is 11.3 Å². The number of aldehydes is 1. The van der Waals surface area contributed by atoms with Crippen molar-refractivity contribution in [1.82, 2.24) is 20.5 Å². The predicted octanol–water partition coefficient (Wildman–Crippen LogP) is 1.56. The number of carbonyl (C=O) groups is 5. The van der Waals surface area contributed by atoms with Crippen LogP contribution in [0, 0.1) is 5.92 Å². The van der Waals surface area contributed by atoms with Crippen LogP contribution in [0.1, 0.15) is 54.7 Å². The molecule has 3 heterocycles. The molecule has 0 spiro atoms. The summed E-state index contributed by atoms with van der Waals surface area (Å²) in [6.07, 6.45) is 0.233. The van der Waals surface area contributed by atoms with E-state index in [1.165, 1.54) is 16.2 Å². The van der Waals surface area contributed by atoms with Gasteiger partial charge in [0.2, 0.25) is 11.8 Å². The Kier molecular flexibility index (Phi) is 8.79. The molecule has 0 saturated carbocycles. The van der Waals surface area contributed by atoms with Crippen LogP contribution in [0.2, 0.25) is 0 Å². The number of benzene rings is 1. The topological polar surface area (TPSA) is 164 Å². The fraction of sp³-hybridized carbons (Fsp3) is 0.462. The Morgan fingerprint density at radius 3 is 2.64 bits per heavy atom. The number of ether oxygens (including phenoxy) is 2. The first-order chi connectivity index (χ1) is 18.7. The summed E-state index contributed by atoms with van der Waals surface area (Å²) < 4.78 is 11.7. The molecule has 1 aromatic heterocycles. The van der Waals surface area contributed by atoms with Gasteiger partial charge in [-0.05, 0) is 30.9 Å². The highest BCUT2D eigenvalue weighted by molar-refractivity contribution is 7.09. The second kappa shape index (κ2) is 12.2. The lowest BCUT2D eigenvalue weighted by Gasteiger charge is -2.30. The first kappa shape index (κ1) is 28.0. The maximum absolute atomic E-state index is 13.5. The molecule has 2 aromatic rings. The van der Waals surface area contributed by atoms with Crippen molar-refractivity contribution in [3.8, 4) is 11.5 Å². The number of aliphatic carboxylic acids is 1. The van der Waals surface area contributed by atoms with Gasteiger partial charge in [-0.3, -0.25) is 19.2 Å². The predicted molar refractivity (Wildman–Crippen MR) is 138 cm³/mol. The number of carboxylic acids is 1.